The van der Waals surface area contributed by atoms with E-state index in [4.69, 9.17) is 25.8 Å². The number of hydrogen-bond donors (Lipinski definition) is 1. The number of carbonyl (C=O) groups is 3. The minimum Gasteiger partial charge on any atom is -0.495 e. The number of rotatable bonds is 5. The number of benzene rings is 2. The molecule has 2 fully saturated rings. The predicted molar refractivity (Wildman–Crippen MR) is 107 cm³/mol. The average molecular weight is 430 g/mol. The molecule has 2 aliphatic rings. The van der Waals surface area contributed by atoms with Gasteiger partial charge in [-0.15, -0.1) is 0 Å². The zero-order valence-corrected chi connectivity index (χ0v) is 17.1. The summed E-state index contributed by atoms with van der Waals surface area (Å²) in [5.74, 6) is -3.47. The highest BCUT2D eigenvalue weighted by Gasteiger charge is 2.68. The lowest BCUT2D eigenvalue weighted by Gasteiger charge is -2.31. The van der Waals surface area contributed by atoms with Gasteiger partial charge in [0.1, 0.15) is 17.2 Å². The van der Waals surface area contributed by atoms with Crippen molar-refractivity contribution in [3.63, 3.8) is 0 Å². The topological polar surface area (TPSA) is 90.9 Å². The molecule has 2 aliphatic heterocycles. The Labute approximate surface area is 178 Å². The largest absolute Gasteiger partial charge is 0.495 e. The Bertz CT molecular complexity index is 1010. The normalized spacial score (nSPS) is 27.5. The molecule has 30 heavy (non-hydrogen) atoms. The minimum atomic E-state index is -1.46. The van der Waals surface area contributed by atoms with E-state index in [2.05, 4.69) is 5.32 Å². The Morgan fingerprint density at radius 2 is 1.87 bits per heavy atom. The fourth-order valence-electron chi connectivity index (χ4n) is 4.49. The second kappa shape index (κ2) is 7.74. The Kier molecular flexibility index (Phi) is 5.26. The van der Waals surface area contributed by atoms with Gasteiger partial charge in [0.05, 0.1) is 25.2 Å². The van der Waals surface area contributed by atoms with E-state index in [1.807, 2.05) is 30.3 Å². The van der Waals surface area contributed by atoms with Crippen molar-refractivity contribution in [2.45, 2.75) is 18.0 Å². The lowest BCUT2D eigenvalue weighted by molar-refractivity contribution is -0.160. The first-order valence-electron chi connectivity index (χ1n) is 9.40. The van der Waals surface area contributed by atoms with Crippen molar-refractivity contribution in [2.24, 2.45) is 11.8 Å². The third-order valence-electron chi connectivity index (χ3n) is 5.80. The zero-order valence-electron chi connectivity index (χ0n) is 16.4. The highest BCUT2D eigenvalue weighted by atomic mass is 35.5. The maximum atomic E-state index is 13.0. The molecule has 0 aliphatic carbocycles. The van der Waals surface area contributed by atoms with Crippen LogP contribution in [0.5, 0.6) is 5.75 Å². The van der Waals surface area contributed by atoms with Crippen molar-refractivity contribution in [3.8, 4) is 5.75 Å². The molecule has 0 bridgehead atoms. The molecule has 0 unspecified atom stereocenters. The van der Waals surface area contributed by atoms with Crippen LogP contribution in [-0.4, -0.2) is 37.7 Å². The van der Waals surface area contributed by atoms with Crippen molar-refractivity contribution >= 4 is 29.5 Å². The third kappa shape index (κ3) is 3.14. The van der Waals surface area contributed by atoms with Gasteiger partial charge in [-0.3, -0.25) is 19.7 Å². The molecule has 1 N–H and O–H groups in total. The highest BCUT2D eigenvalue weighted by molar-refractivity contribution is 6.32. The van der Waals surface area contributed by atoms with Crippen molar-refractivity contribution < 1.29 is 28.6 Å². The summed E-state index contributed by atoms with van der Waals surface area (Å²) in [5.41, 5.74) is -0.00263. The SMILES string of the molecule is COC(=O)[C@]1(Cc2ccccc2)N[C@H](c2ccc(OC)c(Cl)c2)[C@@H]2C(=O)OC(=O)[C@H]21. The summed E-state index contributed by atoms with van der Waals surface area (Å²) in [5, 5.41) is 3.60. The zero-order chi connectivity index (χ0) is 21.5. The van der Waals surface area contributed by atoms with E-state index in [0.717, 1.165) is 5.56 Å². The number of methoxy groups -OCH3 is 2. The molecule has 0 radical (unpaired) electrons. The fraction of sp³-hybridized carbons (Fsp3) is 0.318. The number of esters is 3. The first kappa shape index (κ1) is 20.4. The van der Waals surface area contributed by atoms with Crippen LogP contribution in [0.25, 0.3) is 0 Å². The van der Waals surface area contributed by atoms with E-state index in [1.54, 1.807) is 18.2 Å². The molecule has 0 saturated carbocycles. The smallest absolute Gasteiger partial charge is 0.327 e. The number of hydrogen-bond acceptors (Lipinski definition) is 7. The Balaban J connectivity index is 1.82. The Morgan fingerprint density at radius 3 is 2.50 bits per heavy atom. The maximum absolute atomic E-state index is 13.0. The van der Waals surface area contributed by atoms with E-state index < -0.39 is 41.3 Å². The lowest BCUT2D eigenvalue weighted by Crippen LogP contribution is -2.56. The number of ether oxygens (including phenoxy) is 3. The molecule has 2 heterocycles. The molecular formula is C22H20ClNO6. The van der Waals surface area contributed by atoms with Gasteiger partial charge < -0.3 is 14.2 Å². The summed E-state index contributed by atoms with van der Waals surface area (Å²) >= 11 is 6.28. The maximum Gasteiger partial charge on any atom is 0.327 e. The standard InChI is InChI=1S/C22H20ClNO6/c1-28-15-9-8-13(10-14(15)23)18-16-17(20(26)30-19(16)25)22(24-18,21(27)29-2)11-12-6-4-3-5-7-12/h3-10,16-18,24H,11H2,1-2H3/t16-,17+,18-,22-/m1/s1. The van der Waals surface area contributed by atoms with E-state index in [-0.39, 0.29) is 6.42 Å². The average Bonchev–Trinajstić information content (AvgIpc) is 3.25. The van der Waals surface area contributed by atoms with Gasteiger partial charge in [0.2, 0.25) is 0 Å². The van der Waals surface area contributed by atoms with Crippen LogP contribution in [0.4, 0.5) is 0 Å². The van der Waals surface area contributed by atoms with Gasteiger partial charge in [0.15, 0.2) is 0 Å². The third-order valence-corrected chi connectivity index (χ3v) is 6.10. The minimum absolute atomic E-state index is 0.157. The van der Waals surface area contributed by atoms with Crippen molar-refractivity contribution in [2.75, 3.05) is 14.2 Å². The summed E-state index contributed by atoms with van der Waals surface area (Å²) in [6.45, 7) is 0. The quantitative estimate of drug-likeness (QED) is 0.576. The van der Waals surface area contributed by atoms with Crippen LogP contribution in [0, 0.1) is 11.8 Å². The van der Waals surface area contributed by atoms with Crippen LogP contribution in [0.2, 0.25) is 5.02 Å². The van der Waals surface area contributed by atoms with Crippen LogP contribution >= 0.6 is 11.6 Å². The second-order valence-corrected chi connectivity index (χ2v) is 7.79. The Hall–Kier alpha value is -2.90. The van der Waals surface area contributed by atoms with E-state index in [9.17, 15) is 14.4 Å². The molecule has 7 nitrogen and oxygen atoms in total. The molecule has 2 saturated heterocycles. The van der Waals surface area contributed by atoms with Gasteiger partial charge in [-0.1, -0.05) is 48.0 Å². The molecule has 4 atom stereocenters. The van der Waals surface area contributed by atoms with Gasteiger partial charge in [-0.2, -0.15) is 0 Å². The number of fused-ring (bicyclic) bond motifs is 1. The molecule has 0 spiro atoms. The van der Waals surface area contributed by atoms with Crippen molar-refractivity contribution in [3.05, 3.63) is 64.7 Å². The summed E-state index contributed by atoms with van der Waals surface area (Å²) in [6, 6.07) is 13.6. The molecule has 4 rings (SSSR count). The molecule has 0 amide bonds. The van der Waals surface area contributed by atoms with Gasteiger partial charge in [-0.25, -0.2) is 0 Å². The summed E-state index contributed by atoms with van der Waals surface area (Å²) in [4.78, 5) is 38.3. The Morgan fingerprint density at radius 1 is 1.13 bits per heavy atom. The molecular weight excluding hydrogens is 410 g/mol. The molecule has 0 aromatic heterocycles. The van der Waals surface area contributed by atoms with Gasteiger partial charge in [-0.05, 0) is 23.3 Å². The number of cyclic esters (lactones) is 2. The number of carbonyl (C=O) groups excluding carboxylic acids is 3. The van der Waals surface area contributed by atoms with Crippen LogP contribution in [0.3, 0.4) is 0 Å². The first-order chi connectivity index (χ1) is 14.4. The van der Waals surface area contributed by atoms with Gasteiger partial charge >= 0.3 is 17.9 Å². The van der Waals surface area contributed by atoms with Crippen LogP contribution in [0.15, 0.2) is 48.5 Å². The monoisotopic (exact) mass is 429 g/mol. The van der Waals surface area contributed by atoms with Crippen molar-refractivity contribution in [1.29, 1.82) is 0 Å². The van der Waals surface area contributed by atoms with Crippen LogP contribution < -0.4 is 10.1 Å². The van der Waals surface area contributed by atoms with E-state index >= 15 is 0 Å². The molecule has 2 aromatic rings. The predicted octanol–water partition coefficient (Wildman–Crippen LogP) is 2.46. The fourth-order valence-corrected chi connectivity index (χ4v) is 4.76. The molecule has 2 aromatic carbocycles. The van der Waals surface area contributed by atoms with Gasteiger partial charge in [0, 0.05) is 12.5 Å². The molecule has 156 valence electrons. The molecule has 8 heteroatoms. The highest BCUT2D eigenvalue weighted by Crippen LogP contribution is 2.50. The number of nitrogens with one attached hydrogen (secondary N) is 1. The summed E-state index contributed by atoms with van der Waals surface area (Å²) in [7, 11) is 2.76. The van der Waals surface area contributed by atoms with E-state index in [0.29, 0.717) is 16.3 Å². The van der Waals surface area contributed by atoms with Crippen molar-refractivity contribution in [1.82, 2.24) is 5.32 Å². The van der Waals surface area contributed by atoms with E-state index in [1.165, 1.54) is 14.2 Å². The van der Waals surface area contributed by atoms with Crippen LogP contribution in [-0.2, 0) is 30.3 Å². The lowest BCUT2D eigenvalue weighted by atomic mass is 9.76. The number of halogens is 1. The first-order valence-corrected chi connectivity index (χ1v) is 9.78. The second-order valence-electron chi connectivity index (χ2n) is 7.38. The van der Waals surface area contributed by atoms with Crippen LogP contribution in [0.1, 0.15) is 17.2 Å². The summed E-state index contributed by atoms with van der Waals surface area (Å²) in [6.07, 6.45) is 0.157. The summed E-state index contributed by atoms with van der Waals surface area (Å²) < 4.78 is 15.2. The van der Waals surface area contributed by atoms with Gasteiger partial charge in [0.25, 0.3) is 0 Å².